The van der Waals surface area contributed by atoms with Crippen LogP contribution in [0.15, 0.2) is 59.3 Å². The van der Waals surface area contributed by atoms with Crippen molar-refractivity contribution in [1.29, 1.82) is 0 Å². The second kappa shape index (κ2) is 8.57. The van der Waals surface area contributed by atoms with Crippen LogP contribution in [0.1, 0.15) is 16.1 Å². The second-order valence-corrected chi connectivity index (χ2v) is 6.31. The highest BCUT2D eigenvalue weighted by molar-refractivity contribution is 6.03. The van der Waals surface area contributed by atoms with Crippen molar-refractivity contribution in [3.05, 3.63) is 71.9 Å². The van der Waals surface area contributed by atoms with Gasteiger partial charge in [-0.1, -0.05) is 11.2 Å². The summed E-state index contributed by atoms with van der Waals surface area (Å²) in [5.41, 5.74) is 1.34. The van der Waals surface area contributed by atoms with E-state index in [9.17, 15) is 9.18 Å². The lowest BCUT2D eigenvalue weighted by atomic mass is 10.2. The number of halogens is 1. The van der Waals surface area contributed by atoms with Gasteiger partial charge >= 0.3 is 6.01 Å². The maximum absolute atomic E-state index is 13.9. The molecule has 2 aromatic heterocycles. The van der Waals surface area contributed by atoms with Crippen molar-refractivity contribution in [2.24, 2.45) is 0 Å². The number of carbonyl (C=O) groups is 1. The van der Waals surface area contributed by atoms with Crippen LogP contribution in [0.3, 0.4) is 0 Å². The highest BCUT2D eigenvalue weighted by Gasteiger charge is 2.18. The summed E-state index contributed by atoms with van der Waals surface area (Å²) < 4.78 is 29.9. The van der Waals surface area contributed by atoms with E-state index in [2.05, 4.69) is 25.5 Å². The molecule has 0 aliphatic heterocycles. The Labute approximate surface area is 175 Å². The van der Waals surface area contributed by atoms with E-state index in [0.29, 0.717) is 17.2 Å². The van der Waals surface area contributed by atoms with Crippen LogP contribution in [0.4, 0.5) is 10.4 Å². The lowest BCUT2D eigenvalue weighted by Gasteiger charge is -2.06. The molecular weight excluding hydrogens is 405 g/mol. The zero-order valence-electron chi connectivity index (χ0n) is 16.5. The number of aryl methyl sites for hydroxylation is 1. The summed E-state index contributed by atoms with van der Waals surface area (Å²) in [5, 5.41) is 10.1. The van der Waals surface area contributed by atoms with Crippen molar-refractivity contribution in [3.8, 4) is 28.8 Å². The van der Waals surface area contributed by atoms with Crippen LogP contribution in [0, 0.1) is 12.7 Å². The molecule has 4 aromatic rings. The van der Waals surface area contributed by atoms with Crippen LogP contribution >= 0.6 is 0 Å². The fraction of sp³-hybridized carbons (Fsp3) is 0.0952. The molecule has 2 aromatic carbocycles. The average Bonchev–Trinajstić information content (AvgIpc) is 3.22. The lowest BCUT2D eigenvalue weighted by Crippen LogP contribution is -2.11. The highest BCUT2D eigenvalue weighted by atomic mass is 19.1. The minimum Gasteiger partial charge on any atom is -0.493 e. The molecule has 0 radical (unpaired) electrons. The molecule has 0 fully saturated rings. The molecule has 31 heavy (non-hydrogen) atoms. The summed E-state index contributed by atoms with van der Waals surface area (Å²) >= 11 is 0. The number of aromatic nitrogens is 4. The molecule has 4 rings (SSSR count). The molecule has 156 valence electrons. The van der Waals surface area contributed by atoms with Gasteiger partial charge in [-0.2, -0.15) is 0 Å². The largest absolute Gasteiger partial charge is 0.493 e. The molecule has 9 nitrogen and oxygen atoms in total. The number of hydrogen-bond acceptors (Lipinski definition) is 8. The van der Waals surface area contributed by atoms with Crippen molar-refractivity contribution in [1.82, 2.24) is 20.2 Å². The Kier molecular flexibility index (Phi) is 5.52. The summed E-state index contributed by atoms with van der Waals surface area (Å²) in [7, 11) is 1.33. The van der Waals surface area contributed by atoms with Gasteiger partial charge in [0, 0.05) is 11.8 Å². The molecule has 0 spiro atoms. The van der Waals surface area contributed by atoms with Gasteiger partial charge in [-0.3, -0.25) is 15.1 Å². The quantitative estimate of drug-likeness (QED) is 0.497. The maximum atomic E-state index is 13.9. The van der Waals surface area contributed by atoms with Gasteiger partial charge in [0.2, 0.25) is 5.88 Å². The fourth-order valence-electron chi connectivity index (χ4n) is 2.72. The molecule has 0 aliphatic rings. The topological polar surface area (TPSA) is 112 Å². The van der Waals surface area contributed by atoms with E-state index in [4.69, 9.17) is 13.9 Å². The zero-order chi connectivity index (χ0) is 21.8. The van der Waals surface area contributed by atoms with E-state index >= 15 is 0 Å². The van der Waals surface area contributed by atoms with Crippen molar-refractivity contribution < 1.29 is 23.1 Å². The number of rotatable bonds is 6. The van der Waals surface area contributed by atoms with Crippen LogP contribution in [0.5, 0.6) is 17.4 Å². The van der Waals surface area contributed by atoms with E-state index < -0.39 is 11.7 Å². The van der Waals surface area contributed by atoms with Gasteiger partial charge in [0.25, 0.3) is 11.8 Å². The summed E-state index contributed by atoms with van der Waals surface area (Å²) in [5.74, 6) is -0.211. The number of anilines is 1. The first-order valence-corrected chi connectivity index (χ1v) is 9.08. The fourth-order valence-corrected chi connectivity index (χ4v) is 2.72. The van der Waals surface area contributed by atoms with E-state index in [1.54, 1.807) is 43.5 Å². The lowest BCUT2D eigenvalue weighted by molar-refractivity contribution is 0.102. The van der Waals surface area contributed by atoms with E-state index in [0.717, 1.165) is 5.69 Å². The molecule has 0 aliphatic carbocycles. The molecule has 0 saturated carbocycles. The molecule has 1 N–H and O–H groups in total. The molecule has 0 bridgehead atoms. The van der Waals surface area contributed by atoms with Crippen molar-refractivity contribution >= 4 is 11.9 Å². The molecule has 0 atom stereocenters. The number of amides is 1. The minimum absolute atomic E-state index is 0.00895. The number of benzene rings is 2. The molecule has 1 amide bonds. The number of ether oxygens (including phenoxy) is 2. The van der Waals surface area contributed by atoms with Gasteiger partial charge in [-0.05, 0) is 43.3 Å². The first kappa shape index (κ1) is 20.0. The standard InChI is InChI=1S/C21H16FN5O4/c1-12-10-23-11-17(24-12)30-14-8-6-13(7-9-14)19(28)25-21-27-26-20(31-21)15-4-3-5-16(22)18(15)29-2/h3-11H,1-2H3,(H,25,27,28). The Bertz CT molecular complexity index is 1230. The first-order valence-electron chi connectivity index (χ1n) is 9.08. The van der Waals surface area contributed by atoms with Crippen LogP contribution in [-0.2, 0) is 0 Å². The van der Waals surface area contributed by atoms with Crippen molar-refractivity contribution in [3.63, 3.8) is 0 Å². The van der Waals surface area contributed by atoms with Gasteiger partial charge in [0.15, 0.2) is 11.6 Å². The van der Waals surface area contributed by atoms with Gasteiger partial charge in [0.05, 0.1) is 24.6 Å². The zero-order valence-corrected chi connectivity index (χ0v) is 16.5. The maximum Gasteiger partial charge on any atom is 0.322 e. The van der Waals surface area contributed by atoms with Crippen molar-refractivity contribution in [2.75, 3.05) is 12.4 Å². The summed E-state index contributed by atoms with van der Waals surface area (Å²) in [4.78, 5) is 20.7. The molecule has 0 saturated heterocycles. The predicted molar refractivity (Wildman–Crippen MR) is 107 cm³/mol. The average molecular weight is 421 g/mol. The Morgan fingerprint density at radius 1 is 1.10 bits per heavy atom. The Morgan fingerprint density at radius 2 is 1.90 bits per heavy atom. The van der Waals surface area contributed by atoms with Gasteiger partial charge < -0.3 is 13.9 Å². The van der Waals surface area contributed by atoms with Gasteiger partial charge in [0.1, 0.15) is 5.75 Å². The van der Waals surface area contributed by atoms with E-state index in [1.807, 2.05) is 0 Å². The number of para-hydroxylation sites is 1. The van der Waals surface area contributed by atoms with Crippen LogP contribution in [-0.4, -0.2) is 33.2 Å². The number of hydrogen-bond donors (Lipinski definition) is 1. The number of nitrogens with one attached hydrogen (secondary N) is 1. The Morgan fingerprint density at radius 3 is 2.65 bits per heavy atom. The smallest absolute Gasteiger partial charge is 0.322 e. The van der Waals surface area contributed by atoms with Crippen LogP contribution < -0.4 is 14.8 Å². The van der Waals surface area contributed by atoms with Gasteiger partial charge in [-0.25, -0.2) is 9.37 Å². The summed E-state index contributed by atoms with van der Waals surface area (Å²) in [6.07, 6.45) is 3.11. The first-order chi connectivity index (χ1) is 15.0. The monoisotopic (exact) mass is 421 g/mol. The molecular formula is C21H16FN5O4. The normalized spacial score (nSPS) is 10.5. The summed E-state index contributed by atoms with van der Waals surface area (Å²) in [6, 6.07) is 10.6. The second-order valence-electron chi connectivity index (χ2n) is 6.31. The third-order valence-corrected chi connectivity index (χ3v) is 4.12. The number of nitrogens with zero attached hydrogens (tertiary/aromatic N) is 4. The highest BCUT2D eigenvalue weighted by Crippen LogP contribution is 2.32. The van der Waals surface area contributed by atoms with Gasteiger partial charge in [-0.15, -0.1) is 5.10 Å². The van der Waals surface area contributed by atoms with Crippen molar-refractivity contribution in [2.45, 2.75) is 6.92 Å². The van der Waals surface area contributed by atoms with E-state index in [-0.39, 0.29) is 23.2 Å². The van der Waals surface area contributed by atoms with Crippen LogP contribution in [0.25, 0.3) is 11.5 Å². The van der Waals surface area contributed by atoms with Crippen LogP contribution in [0.2, 0.25) is 0 Å². The third kappa shape index (κ3) is 4.47. The third-order valence-electron chi connectivity index (χ3n) is 4.12. The molecule has 0 unspecified atom stereocenters. The predicted octanol–water partition coefficient (Wildman–Crippen LogP) is 4.03. The Balaban J connectivity index is 1.45. The molecule has 2 heterocycles. The number of carbonyl (C=O) groups excluding carboxylic acids is 1. The SMILES string of the molecule is COc1c(F)cccc1-c1nnc(NC(=O)c2ccc(Oc3cncc(C)n3)cc2)o1. The van der Waals surface area contributed by atoms with E-state index in [1.165, 1.54) is 25.4 Å². The Hall–Kier alpha value is -4.34. The molecule has 10 heteroatoms. The number of methoxy groups -OCH3 is 1. The summed E-state index contributed by atoms with van der Waals surface area (Å²) in [6.45, 7) is 1.81. The minimum atomic E-state index is -0.567.